The summed E-state index contributed by atoms with van der Waals surface area (Å²) in [6.07, 6.45) is -0.977. The van der Waals surface area contributed by atoms with E-state index < -0.39 is 6.09 Å². The lowest BCUT2D eigenvalue weighted by atomic mass is 11.2. The molecular formula is C2H3N2O2. The summed E-state index contributed by atoms with van der Waals surface area (Å²) in [5.41, 5.74) is 7.49. The van der Waals surface area contributed by atoms with E-state index in [1.165, 1.54) is 0 Å². The number of nitrogens with zero attached hydrogens (tertiary/aromatic N) is 2. The minimum Gasteiger partial charge on any atom is -0.450 e. The summed E-state index contributed by atoms with van der Waals surface area (Å²) >= 11 is 0. The summed E-state index contributed by atoms with van der Waals surface area (Å²) < 4.78 is 3.84. The van der Waals surface area contributed by atoms with Gasteiger partial charge in [-0.05, 0) is 10.6 Å². The van der Waals surface area contributed by atoms with Crippen LogP contribution in [0, 0.1) is 0 Å². The van der Waals surface area contributed by atoms with Crippen molar-refractivity contribution in [2.75, 3.05) is 7.11 Å². The van der Waals surface area contributed by atoms with E-state index in [2.05, 4.69) is 9.85 Å². The Bertz CT molecular complexity index is 69.9. The summed E-state index contributed by atoms with van der Waals surface area (Å²) in [6, 6.07) is 0. The SMILES string of the molecule is COC(=O)N=[N]. The maximum Gasteiger partial charge on any atom is 0.453 e. The fourth-order valence-electron chi connectivity index (χ4n) is 0.0408. The fourth-order valence-corrected chi connectivity index (χ4v) is 0.0408. The Morgan fingerprint density at radius 3 is 2.50 bits per heavy atom. The number of hydrogen-bond donors (Lipinski definition) is 0. The number of methoxy groups -OCH3 is 1. The molecule has 0 fully saturated rings. The van der Waals surface area contributed by atoms with Crippen molar-refractivity contribution >= 4 is 6.09 Å². The first kappa shape index (κ1) is 5.07. The van der Waals surface area contributed by atoms with Gasteiger partial charge in [0.05, 0.1) is 7.11 Å². The maximum atomic E-state index is 9.54. The van der Waals surface area contributed by atoms with E-state index in [1.54, 1.807) is 0 Å². The minimum absolute atomic E-state index is 0.977. The summed E-state index contributed by atoms with van der Waals surface area (Å²) in [4.78, 5) is 9.54. The molecule has 33 valence electrons. The highest BCUT2D eigenvalue weighted by molar-refractivity contribution is 5.66. The second kappa shape index (κ2) is 2.32. The Morgan fingerprint density at radius 1 is 2.00 bits per heavy atom. The molecule has 6 heavy (non-hydrogen) atoms. The molecule has 0 heterocycles. The van der Waals surface area contributed by atoms with Gasteiger partial charge in [0.2, 0.25) is 0 Å². The lowest BCUT2D eigenvalue weighted by Crippen LogP contribution is -1.89. The van der Waals surface area contributed by atoms with Crippen LogP contribution in [0.2, 0.25) is 0 Å². The Balaban J connectivity index is 3.23. The summed E-state index contributed by atoms with van der Waals surface area (Å²) in [5, 5.41) is 2.15. The van der Waals surface area contributed by atoms with Gasteiger partial charge in [-0.1, -0.05) is 0 Å². The summed E-state index contributed by atoms with van der Waals surface area (Å²) in [6.45, 7) is 0. The number of amides is 1. The van der Waals surface area contributed by atoms with Crippen LogP contribution in [0.15, 0.2) is 5.11 Å². The number of carbonyl (C=O) groups is 1. The predicted molar refractivity (Wildman–Crippen MR) is 17.0 cm³/mol. The van der Waals surface area contributed by atoms with E-state index in [9.17, 15) is 4.79 Å². The fraction of sp³-hybridized carbons (Fsp3) is 0.500. The van der Waals surface area contributed by atoms with E-state index in [1.807, 2.05) is 0 Å². The first-order chi connectivity index (χ1) is 2.81. The lowest BCUT2D eigenvalue weighted by Gasteiger charge is -1.79. The van der Waals surface area contributed by atoms with Gasteiger partial charge in [0, 0.05) is 0 Å². The minimum atomic E-state index is -0.977. The first-order valence-electron chi connectivity index (χ1n) is 1.24. The maximum absolute atomic E-state index is 9.54. The third kappa shape index (κ3) is 1.40. The topological polar surface area (TPSA) is 61.0 Å². The lowest BCUT2D eigenvalue weighted by molar-refractivity contribution is 0.181. The molecule has 0 spiro atoms. The van der Waals surface area contributed by atoms with Gasteiger partial charge in [-0.15, -0.1) is 0 Å². The van der Waals surface area contributed by atoms with Gasteiger partial charge in [-0.3, -0.25) is 0 Å². The van der Waals surface area contributed by atoms with E-state index in [0.717, 1.165) is 7.11 Å². The zero-order chi connectivity index (χ0) is 4.99. The Kier molecular flexibility index (Phi) is 1.96. The molecule has 1 amide bonds. The van der Waals surface area contributed by atoms with Crippen molar-refractivity contribution in [1.82, 2.24) is 5.53 Å². The highest BCUT2D eigenvalue weighted by Gasteiger charge is 1.87. The van der Waals surface area contributed by atoms with Crippen molar-refractivity contribution in [3.05, 3.63) is 0 Å². The summed E-state index contributed by atoms with van der Waals surface area (Å²) in [7, 11) is 1.13. The van der Waals surface area contributed by atoms with Gasteiger partial charge in [0.1, 0.15) is 0 Å². The zero-order valence-corrected chi connectivity index (χ0v) is 3.21. The van der Waals surface area contributed by atoms with Crippen LogP contribution in [0.4, 0.5) is 4.79 Å². The van der Waals surface area contributed by atoms with Crippen LogP contribution in [0.1, 0.15) is 0 Å². The molecule has 4 heteroatoms. The molecule has 0 aromatic heterocycles. The second-order valence-electron chi connectivity index (χ2n) is 0.570. The number of hydrogen-bond acceptors (Lipinski definition) is 2. The van der Waals surface area contributed by atoms with Crippen LogP contribution in [0.3, 0.4) is 0 Å². The molecule has 0 N–H and O–H groups in total. The molecule has 0 rings (SSSR count). The van der Waals surface area contributed by atoms with Crippen molar-refractivity contribution in [3.8, 4) is 0 Å². The van der Waals surface area contributed by atoms with Gasteiger partial charge >= 0.3 is 6.09 Å². The van der Waals surface area contributed by atoms with Crippen molar-refractivity contribution < 1.29 is 9.53 Å². The number of ether oxygens (including phenoxy) is 1. The summed E-state index contributed by atoms with van der Waals surface area (Å²) in [5.74, 6) is 0. The van der Waals surface area contributed by atoms with Crippen LogP contribution < -0.4 is 5.53 Å². The van der Waals surface area contributed by atoms with Crippen LogP contribution in [0.5, 0.6) is 0 Å². The molecule has 0 aliphatic carbocycles. The molecule has 4 nitrogen and oxygen atoms in total. The van der Waals surface area contributed by atoms with E-state index in [-0.39, 0.29) is 0 Å². The molecule has 0 aliphatic heterocycles. The van der Waals surface area contributed by atoms with Crippen molar-refractivity contribution in [2.45, 2.75) is 0 Å². The van der Waals surface area contributed by atoms with Gasteiger partial charge in [0.25, 0.3) is 0 Å². The number of carbonyl (C=O) groups excluding carboxylic acids is 1. The molecule has 0 aromatic rings. The van der Waals surface area contributed by atoms with E-state index >= 15 is 0 Å². The van der Waals surface area contributed by atoms with Gasteiger partial charge in [-0.25, -0.2) is 4.79 Å². The second-order valence-corrected chi connectivity index (χ2v) is 0.570. The van der Waals surface area contributed by atoms with Crippen molar-refractivity contribution in [2.24, 2.45) is 5.11 Å². The molecule has 0 aromatic carbocycles. The monoisotopic (exact) mass is 87.0 g/mol. The third-order valence-corrected chi connectivity index (χ3v) is 0.256. The average Bonchev–Trinajstić information content (AvgIpc) is 1.65. The van der Waals surface area contributed by atoms with Crippen LogP contribution in [0.25, 0.3) is 0 Å². The molecule has 0 atom stereocenters. The Morgan fingerprint density at radius 2 is 2.50 bits per heavy atom. The largest absolute Gasteiger partial charge is 0.453 e. The normalized spacial score (nSPS) is 6.83. The number of rotatable bonds is 0. The standard InChI is InChI=1S/C2H3N2O2/c1-6-2(5)4-3/h1H3. The van der Waals surface area contributed by atoms with Gasteiger partial charge in [0.15, 0.2) is 0 Å². The molecule has 0 aliphatic rings. The van der Waals surface area contributed by atoms with Crippen LogP contribution >= 0.6 is 0 Å². The molecule has 1 radical (unpaired) electrons. The predicted octanol–water partition coefficient (Wildman–Crippen LogP) is 0.00510. The molecular weight excluding hydrogens is 84.0 g/mol. The Labute approximate surface area is 34.6 Å². The highest BCUT2D eigenvalue weighted by Crippen LogP contribution is 1.71. The molecule has 0 unspecified atom stereocenters. The average molecular weight is 87.1 g/mol. The van der Waals surface area contributed by atoms with E-state index in [0.29, 0.717) is 0 Å². The smallest absolute Gasteiger partial charge is 0.450 e. The highest BCUT2D eigenvalue weighted by atomic mass is 16.5. The molecule has 0 saturated heterocycles. The van der Waals surface area contributed by atoms with E-state index in [4.69, 9.17) is 5.53 Å². The van der Waals surface area contributed by atoms with Gasteiger partial charge < -0.3 is 4.74 Å². The first-order valence-corrected chi connectivity index (χ1v) is 1.24. The van der Waals surface area contributed by atoms with Gasteiger partial charge in [-0.2, -0.15) is 0 Å². The zero-order valence-electron chi connectivity index (χ0n) is 3.21. The van der Waals surface area contributed by atoms with Crippen molar-refractivity contribution in [1.29, 1.82) is 0 Å². The van der Waals surface area contributed by atoms with Crippen LogP contribution in [-0.2, 0) is 4.74 Å². The molecule has 0 saturated carbocycles. The Hall–Kier alpha value is -0.930. The third-order valence-electron chi connectivity index (χ3n) is 0.256. The van der Waals surface area contributed by atoms with Crippen LogP contribution in [-0.4, -0.2) is 13.2 Å². The quantitative estimate of drug-likeness (QED) is 0.390. The molecule has 0 bridgehead atoms. The van der Waals surface area contributed by atoms with Crippen molar-refractivity contribution in [3.63, 3.8) is 0 Å².